The van der Waals surface area contributed by atoms with Crippen LogP contribution in [0.3, 0.4) is 0 Å². The van der Waals surface area contributed by atoms with E-state index in [4.69, 9.17) is 13.8 Å². The van der Waals surface area contributed by atoms with Crippen molar-refractivity contribution in [2.24, 2.45) is 0 Å². The Bertz CT molecular complexity index is 764. The summed E-state index contributed by atoms with van der Waals surface area (Å²) >= 11 is 1.02. The molecule has 1 amide bonds. The lowest BCUT2D eigenvalue weighted by molar-refractivity contribution is -0.118. The molecule has 2 N–H and O–H groups in total. The lowest BCUT2D eigenvalue weighted by Gasteiger charge is -2.32. The maximum absolute atomic E-state index is 15.0. The third kappa shape index (κ3) is 5.70. The molecule has 1 fully saturated rings. The number of carbonyl (C=O) groups excluding carboxylic acids is 2. The van der Waals surface area contributed by atoms with Gasteiger partial charge in [-0.15, -0.1) is 0 Å². The number of hydrogen-bond donors (Lipinski definition) is 2. The lowest BCUT2D eigenvalue weighted by atomic mass is 9.96. The Labute approximate surface area is 179 Å². The number of alkyl halides is 1. The minimum Gasteiger partial charge on any atom is -0.384 e. The van der Waals surface area contributed by atoms with Crippen molar-refractivity contribution in [2.75, 3.05) is 33.1 Å². The second-order valence-corrected chi connectivity index (χ2v) is 10.6. The highest BCUT2D eigenvalue weighted by molar-refractivity contribution is 8.13. The summed E-state index contributed by atoms with van der Waals surface area (Å²) in [4.78, 5) is 23.6. The van der Waals surface area contributed by atoms with Crippen LogP contribution in [0.25, 0.3) is 0 Å². The fourth-order valence-corrected chi connectivity index (χ4v) is 4.51. The summed E-state index contributed by atoms with van der Waals surface area (Å²) in [7, 11) is -0.790. The largest absolute Gasteiger partial charge is 0.407 e. The van der Waals surface area contributed by atoms with Crippen molar-refractivity contribution in [1.29, 1.82) is 0 Å². The number of carbonyl (C=O) groups is 2. The Hall–Kier alpha value is -1.27. The van der Waals surface area contributed by atoms with Crippen LogP contribution in [0, 0.1) is 0 Å². The maximum atomic E-state index is 15.0. The Kier molecular flexibility index (Phi) is 8.25. The summed E-state index contributed by atoms with van der Waals surface area (Å²) in [5, 5.41) is 13.0. The molecule has 0 saturated carbocycles. The summed E-state index contributed by atoms with van der Waals surface area (Å²) < 4.78 is 45.6. The van der Waals surface area contributed by atoms with Crippen molar-refractivity contribution in [3.63, 3.8) is 0 Å². The molecule has 2 unspecified atom stereocenters. The van der Waals surface area contributed by atoms with E-state index in [1.807, 2.05) is 0 Å². The zero-order valence-corrected chi connectivity index (χ0v) is 19.0. The predicted molar refractivity (Wildman–Crippen MR) is 109 cm³/mol. The molecule has 1 saturated heterocycles. The smallest absolute Gasteiger partial charge is 0.384 e. The van der Waals surface area contributed by atoms with Gasteiger partial charge < -0.3 is 20.1 Å². The molecule has 2 aliphatic rings. The molecule has 2 rings (SSSR count). The first-order valence-electron chi connectivity index (χ1n) is 9.07. The van der Waals surface area contributed by atoms with Gasteiger partial charge in [0.2, 0.25) is 0 Å². The van der Waals surface area contributed by atoms with E-state index in [1.54, 1.807) is 0 Å². The molecule has 0 aromatic heterocycles. The Balaban J connectivity index is 2.04. The number of ether oxygens (including phenoxy) is 1. The molecular formula is C17H27FN3O7PS. The summed E-state index contributed by atoms with van der Waals surface area (Å²) in [5.41, 5.74) is -1.97. The molecule has 5 atom stereocenters. The molecule has 0 aromatic rings. The van der Waals surface area contributed by atoms with Gasteiger partial charge in [-0.3, -0.25) is 18.6 Å². The first-order chi connectivity index (χ1) is 13.9. The van der Waals surface area contributed by atoms with Crippen molar-refractivity contribution in [2.45, 2.75) is 38.0 Å². The number of amides is 1. The van der Waals surface area contributed by atoms with Gasteiger partial charge in [0, 0.05) is 25.0 Å². The van der Waals surface area contributed by atoms with Crippen LogP contribution < -0.4 is 5.32 Å². The second kappa shape index (κ2) is 9.90. The molecule has 170 valence electrons. The minimum absolute atomic E-state index is 0.00588. The Morgan fingerprint density at radius 2 is 2.20 bits per heavy atom. The van der Waals surface area contributed by atoms with E-state index in [0.29, 0.717) is 0 Å². The van der Waals surface area contributed by atoms with Gasteiger partial charge in [-0.1, -0.05) is 18.3 Å². The number of nitrogens with zero attached hydrogens (tertiary/aromatic N) is 2. The first-order valence-corrected chi connectivity index (χ1v) is 11.5. The minimum atomic E-state index is -3.76. The molecule has 0 radical (unpaired) electrons. The first kappa shape index (κ1) is 25.0. The van der Waals surface area contributed by atoms with E-state index in [2.05, 4.69) is 11.9 Å². The van der Waals surface area contributed by atoms with E-state index < -0.39 is 44.4 Å². The van der Waals surface area contributed by atoms with Crippen LogP contribution in [-0.2, 0) is 27.9 Å². The molecule has 0 aliphatic carbocycles. The van der Waals surface area contributed by atoms with Gasteiger partial charge in [0.1, 0.15) is 17.5 Å². The summed E-state index contributed by atoms with van der Waals surface area (Å²) in [5.74, 6) is -0.0288. The van der Waals surface area contributed by atoms with Gasteiger partial charge in [-0.05, 0) is 21.0 Å². The molecule has 30 heavy (non-hydrogen) atoms. The van der Waals surface area contributed by atoms with Crippen LogP contribution in [-0.4, -0.2) is 82.9 Å². The van der Waals surface area contributed by atoms with Crippen molar-refractivity contribution in [1.82, 2.24) is 14.9 Å². The predicted octanol–water partition coefficient (Wildman–Crippen LogP) is 1.20. The van der Waals surface area contributed by atoms with Crippen LogP contribution >= 0.6 is 19.5 Å². The molecule has 10 nitrogen and oxygen atoms in total. The molecule has 2 aliphatic heterocycles. The fourth-order valence-electron chi connectivity index (χ4n) is 2.75. The third-order valence-corrected chi connectivity index (χ3v) is 7.27. The fraction of sp³-hybridized carbons (Fsp3) is 0.647. The Morgan fingerprint density at radius 1 is 1.53 bits per heavy atom. The highest BCUT2D eigenvalue weighted by Crippen LogP contribution is 2.51. The van der Waals surface area contributed by atoms with Crippen molar-refractivity contribution in [3.05, 3.63) is 24.7 Å². The summed E-state index contributed by atoms with van der Waals surface area (Å²) in [6.45, 7) is 5.87. The maximum Gasteiger partial charge on any atom is 0.407 e. The van der Waals surface area contributed by atoms with Crippen LogP contribution in [0.4, 0.5) is 4.39 Å². The highest BCUT2D eigenvalue weighted by Gasteiger charge is 2.56. The van der Waals surface area contributed by atoms with Crippen LogP contribution in [0.1, 0.15) is 13.8 Å². The molecule has 0 spiro atoms. The van der Waals surface area contributed by atoms with Gasteiger partial charge in [0.15, 0.2) is 17.5 Å². The van der Waals surface area contributed by atoms with E-state index >= 15 is 0 Å². The van der Waals surface area contributed by atoms with Crippen LogP contribution in [0.15, 0.2) is 24.7 Å². The van der Waals surface area contributed by atoms with Gasteiger partial charge >= 0.3 is 7.75 Å². The molecule has 0 aromatic carbocycles. The average Bonchev–Trinajstić information content (AvgIpc) is 2.86. The number of thioether (sulfide) groups is 1. The number of rotatable bonds is 9. The number of hydrogen-bond acceptors (Lipinski definition) is 9. The summed E-state index contributed by atoms with van der Waals surface area (Å²) in [6, 6.07) is 0. The van der Waals surface area contributed by atoms with E-state index in [0.717, 1.165) is 11.8 Å². The molecule has 0 bridgehead atoms. The standard InChI is InChI=1S/C17H27FN3O7PS/c1-11-19-14(23)6-7-21(11)16-15(18)17(3,24)13(28-16)10-27-29(25,20(4)5)26-8-9-30-12(2)22/h6-7,13,15-16,24H,1,8-10H2,2-5H3,(H,19,23)/t13-,15?,16+,17+,29?/m1/s1. The zero-order valence-electron chi connectivity index (χ0n) is 17.2. The zero-order chi connectivity index (χ0) is 22.7. The number of halogens is 1. The number of nitrogens with one attached hydrogen (secondary N) is 1. The number of aliphatic hydroxyl groups is 1. The Morgan fingerprint density at radius 3 is 2.77 bits per heavy atom. The van der Waals surface area contributed by atoms with Crippen molar-refractivity contribution < 1.29 is 37.4 Å². The second-order valence-electron chi connectivity index (χ2n) is 7.09. The topological polar surface area (TPSA) is 118 Å². The SMILES string of the molecule is C=C1NC(=O)C=CN1[C@H]1O[C@H](COP(=O)(OCCSC(C)=O)N(C)C)[C@](C)(O)C1F. The van der Waals surface area contributed by atoms with E-state index in [9.17, 15) is 23.7 Å². The molecule has 13 heteroatoms. The van der Waals surface area contributed by atoms with Crippen molar-refractivity contribution in [3.8, 4) is 0 Å². The third-order valence-electron chi connectivity index (χ3n) is 4.53. The van der Waals surface area contributed by atoms with Crippen LogP contribution in [0.5, 0.6) is 0 Å². The van der Waals surface area contributed by atoms with Crippen molar-refractivity contribution >= 4 is 30.5 Å². The summed E-state index contributed by atoms with van der Waals surface area (Å²) in [6.07, 6.45) is -1.85. The van der Waals surface area contributed by atoms with Gasteiger partial charge in [0.05, 0.1) is 13.2 Å². The molecular weight excluding hydrogens is 440 g/mol. The highest BCUT2D eigenvalue weighted by atomic mass is 32.2. The van der Waals surface area contributed by atoms with Gasteiger partial charge in [0.25, 0.3) is 5.91 Å². The monoisotopic (exact) mass is 467 g/mol. The van der Waals surface area contributed by atoms with Gasteiger partial charge in [-0.2, -0.15) is 0 Å². The molecule has 2 heterocycles. The van der Waals surface area contributed by atoms with E-state index in [-0.39, 0.29) is 23.3 Å². The quantitative estimate of drug-likeness (QED) is 0.378. The van der Waals surface area contributed by atoms with Crippen LogP contribution in [0.2, 0.25) is 0 Å². The average molecular weight is 467 g/mol. The normalized spacial score (nSPS) is 31.2. The van der Waals surface area contributed by atoms with E-state index in [1.165, 1.54) is 49.8 Å². The lowest BCUT2D eigenvalue weighted by Crippen LogP contribution is -2.48. The van der Waals surface area contributed by atoms with Gasteiger partial charge in [-0.25, -0.2) is 13.6 Å².